The molecule has 1 rings (SSSR count). The molecule has 0 aliphatic carbocycles. The van der Waals surface area contributed by atoms with E-state index in [4.69, 9.17) is 11.6 Å². The van der Waals surface area contributed by atoms with Gasteiger partial charge in [0, 0.05) is 25.7 Å². The van der Waals surface area contributed by atoms with E-state index in [2.05, 4.69) is 11.0 Å². The summed E-state index contributed by atoms with van der Waals surface area (Å²) in [5.41, 5.74) is 2.38. The third-order valence-corrected chi connectivity index (χ3v) is 1.91. The first-order valence-electron chi connectivity index (χ1n) is 3.57. The summed E-state index contributed by atoms with van der Waals surface area (Å²) < 4.78 is 0. The van der Waals surface area contributed by atoms with Crippen molar-refractivity contribution in [3.63, 3.8) is 0 Å². The van der Waals surface area contributed by atoms with Gasteiger partial charge in [0.05, 0.1) is 0 Å². The topological polar surface area (TPSA) is 3.24 Å². The molecule has 0 bridgehead atoms. The summed E-state index contributed by atoms with van der Waals surface area (Å²) >= 11 is 5.75. The monoisotopic (exact) mass is 205 g/mol. The van der Waals surface area contributed by atoms with Crippen LogP contribution >= 0.6 is 24.0 Å². The minimum Gasteiger partial charge on any atom is -0.377 e. The van der Waals surface area contributed by atoms with Gasteiger partial charge in [0.2, 0.25) is 0 Å². The molecule has 0 aromatic heterocycles. The van der Waals surface area contributed by atoms with E-state index in [1.807, 2.05) is 32.3 Å². The third kappa shape index (κ3) is 2.58. The van der Waals surface area contributed by atoms with E-state index in [0.29, 0.717) is 5.88 Å². The van der Waals surface area contributed by atoms with E-state index in [1.54, 1.807) is 0 Å². The fraction of sp³-hybridized carbons (Fsp3) is 0.333. The molecule has 0 saturated heterocycles. The lowest BCUT2D eigenvalue weighted by Gasteiger charge is -2.15. The van der Waals surface area contributed by atoms with Crippen LogP contribution in [0.25, 0.3) is 0 Å². The van der Waals surface area contributed by atoms with Crippen molar-refractivity contribution < 1.29 is 0 Å². The van der Waals surface area contributed by atoms with Crippen molar-refractivity contribution in [1.29, 1.82) is 0 Å². The van der Waals surface area contributed by atoms with E-state index in [1.165, 1.54) is 11.3 Å². The molecule has 1 aromatic carbocycles. The Kier molecular flexibility index (Phi) is 5.11. The van der Waals surface area contributed by atoms with Gasteiger partial charge in [0.25, 0.3) is 0 Å². The van der Waals surface area contributed by atoms with Crippen LogP contribution in [-0.2, 0) is 5.88 Å². The molecule has 12 heavy (non-hydrogen) atoms. The Labute approximate surface area is 84.7 Å². The van der Waals surface area contributed by atoms with E-state index < -0.39 is 0 Å². The number of hydrogen-bond donors (Lipinski definition) is 0. The van der Waals surface area contributed by atoms with Gasteiger partial charge in [-0.1, -0.05) is 18.2 Å². The molecular weight excluding hydrogens is 193 g/mol. The molecule has 1 aromatic rings. The zero-order chi connectivity index (χ0) is 8.27. The van der Waals surface area contributed by atoms with Crippen molar-refractivity contribution >= 4 is 29.7 Å². The summed E-state index contributed by atoms with van der Waals surface area (Å²) in [7, 11) is 4.04. The van der Waals surface area contributed by atoms with Crippen molar-refractivity contribution in [3.8, 4) is 0 Å². The van der Waals surface area contributed by atoms with Crippen LogP contribution in [-0.4, -0.2) is 14.1 Å². The number of alkyl halides is 1. The average molecular weight is 206 g/mol. The van der Waals surface area contributed by atoms with Crippen LogP contribution in [0.3, 0.4) is 0 Å². The van der Waals surface area contributed by atoms with Gasteiger partial charge in [-0.15, -0.1) is 24.0 Å². The maximum absolute atomic E-state index is 5.75. The van der Waals surface area contributed by atoms with Crippen LogP contribution in [0.2, 0.25) is 0 Å². The van der Waals surface area contributed by atoms with Crippen LogP contribution in [0.1, 0.15) is 5.56 Å². The van der Waals surface area contributed by atoms with Gasteiger partial charge in [-0.05, 0) is 11.6 Å². The Morgan fingerprint density at radius 1 is 1.25 bits per heavy atom. The number of benzene rings is 1. The molecular formula is C9H13Cl2N. The number of anilines is 1. The van der Waals surface area contributed by atoms with Crippen LogP contribution in [0.5, 0.6) is 0 Å². The van der Waals surface area contributed by atoms with Crippen LogP contribution in [0.4, 0.5) is 5.69 Å². The minimum atomic E-state index is 0. The Balaban J connectivity index is 0.00000121. The molecule has 0 radical (unpaired) electrons. The molecule has 0 unspecified atom stereocenters. The first kappa shape index (κ1) is 11.6. The normalized spacial score (nSPS) is 8.92. The molecule has 0 heterocycles. The molecule has 0 saturated carbocycles. The van der Waals surface area contributed by atoms with Crippen LogP contribution in [0, 0.1) is 0 Å². The summed E-state index contributed by atoms with van der Waals surface area (Å²) in [6.45, 7) is 0. The molecule has 3 heteroatoms. The molecule has 0 aliphatic heterocycles. The molecule has 1 nitrogen and oxygen atoms in total. The quantitative estimate of drug-likeness (QED) is 0.672. The molecule has 0 N–H and O–H groups in total. The lowest BCUT2D eigenvalue weighted by Crippen LogP contribution is -2.10. The highest BCUT2D eigenvalue weighted by Gasteiger charge is 1.99. The first-order valence-corrected chi connectivity index (χ1v) is 4.10. The maximum atomic E-state index is 5.75. The smallest absolute Gasteiger partial charge is 0.0494 e. The largest absolute Gasteiger partial charge is 0.377 e. The number of nitrogens with zero attached hydrogens (tertiary/aromatic N) is 1. The zero-order valence-electron chi connectivity index (χ0n) is 7.25. The van der Waals surface area contributed by atoms with Crippen molar-refractivity contribution in [1.82, 2.24) is 0 Å². The molecule has 0 fully saturated rings. The summed E-state index contributed by atoms with van der Waals surface area (Å²) in [5.74, 6) is 0.578. The molecule has 0 spiro atoms. The van der Waals surface area contributed by atoms with E-state index >= 15 is 0 Å². The van der Waals surface area contributed by atoms with Gasteiger partial charge in [-0.25, -0.2) is 0 Å². The highest BCUT2D eigenvalue weighted by atomic mass is 35.5. The highest BCUT2D eigenvalue weighted by Crippen LogP contribution is 2.18. The maximum Gasteiger partial charge on any atom is 0.0494 e. The Bertz CT molecular complexity index is 236. The van der Waals surface area contributed by atoms with E-state index in [0.717, 1.165) is 0 Å². The lowest BCUT2D eigenvalue weighted by atomic mass is 10.2. The molecule has 0 atom stereocenters. The van der Waals surface area contributed by atoms with E-state index in [-0.39, 0.29) is 12.4 Å². The fourth-order valence-electron chi connectivity index (χ4n) is 1.06. The zero-order valence-corrected chi connectivity index (χ0v) is 8.82. The molecule has 0 aliphatic rings. The van der Waals surface area contributed by atoms with Crippen molar-refractivity contribution in [2.75, 3.05) is 19.0 Å². The van der Waals surface area contributed by atoms with Crippen LogP contribution in [0.15, 0.2) is 24.3 Å². The average Bonchev–Trinajstić information content (AvgIpc) is 2.04. The SMILES string of the molecule is CN(C)c1ccccc1CCl.Cl. The Hall–Kier alpha value is -0.400. The second kappa shape index (κ2) is 5.28. The lowest BCUT2D eigenvalue weighted by molar-refractivity contribution is 1.11. The van der Waals surface area contributed by atoms with Crippen molar-refractivity contribution in [3.05, 3.63) is 29.8 Å². The predicted octanol–water partition coefficient (Wildman–Crippen LogP) is 2.91. The molecule has 0 amide bonds. The number of para-hydroxylation sites is 1. The van der Waals surface area contributed by atoms with Crippen molar-refractivity contribution in [2.24, 2.45) is 0 Å². The summed E-state index contributed by atoms with van der Waals surface area (Å²) in [6.07, 6.45) is 0. The van der Waals surface area contributed by atoms with Gasteiger partial charge < -0.3 is 4.90 Å². The number of hydrogen-bond acceptors (Lipinski definition) is 1. The standard InChI is InChI=1S/C9H12ClN.ClH/c1-11(2)9-6-4-3-5-8(9)7-10;/h3-6H,7H2,1-2H3;1H. The number of halogens is 2. The van der Waals surface area contributed by atoms with Gasteiger partial charge in [-0.3, -0.25) is 0 Å². The molecule has 68 valence electrons. The first-order chi connectivity index (χ1) is 5.25. The second-order valence-electron chi connectivity index (χ2n) is 2.66. The summed E-state index contributed by atoms with van der Waals surface area (Å²) in [5, 5.41) is 0. The van der Waals surface area contributed by atoms with Gasteiger partial charge in [0.15, 0.2) is 0 Å². The number of rotatable bonds is 2. The Morgan fingerprint density at radius 2 is 1.83 bits per heavy atom. The van der Waals surface area contributed by atoms with Gasteiger partial charge in [-0.2, -0.15) is 0 Å². The van der Waals surface area contributed by atoms with E-state index in [9.17, 15) is 0 Å². The minimum absolute atomic E-state index is 0. The van der Waals surface area contributed by atoms with Crippen LogP contribution < -0.4 is 4.90 Å². The second-order valence-corrected chi connectivity index (χ2v) is 2.92. The third-order valence-electron chi connectivity index (χ3n) is 1.62. The predicted molar refractivity (Wildman–Crippen MR) is 57.6 cm³/mol. The summed E-state index contributed by atoms with van der Waals surface area (Å²) in [6, 6.07) is 8.14. The van der Waals surface area contributed by atoms with Gasteiger partial charge in [0.1, 0.15) is 0 Å². The highest BCUT2D eigenvalue weighted by molar-refractivity contribution is 6.17. The fourth-order valence-corrected chi connectivity index (χ4v) is 1.29. The Morgan fingerprint density at radius 3 is 2.25 bits per heavy atom. The summed E-state index contributed by atoms with van der Waals surface area (Å²) in [4.78, 5) is 2.07. The van der Waals surface area contributed by atoms with Crippen molar-refractivity contribution in [2.45, 2.75) is 5.88 Å². The van der Waals surface area contributed by atoms with Gasteiger partial charge >= 0.3 is 0 Å².